The molecule has 21 heavy (non-hydrogen) atoms. The van der Waals surface area contributed by atoms with Crippen LogP contribution in [0.15, 0.2) is 6.33 Å². The molecule has 0 bridgehead atoms. The van der Waals surface area contributed by atoms with Gasteiger partial charge in [0.15, 0.2) is 0 Å². The minimum atomic E-state index is 0.421. The van der Waals surface area contributed by atoms with E-state index < -0.39 is 0 Å². The van der Waals surface area contributed by atoms with Crippen LogP contribution in [0.25, 0.3) is 0 Å². The fourth-order valence-corrected chi connectivity index (χ4v) is 3.11. The summed E-state index contributed by atoms with van der Waals surface area (Å²) in [4.78, 5) is 11.6. The monoisotopic (exact) mass is 290 g/mol. The van der Waals surface area contributed by atoms with Crippen LogP contribution >= 0.6 is 0 Å². The number of nitrogens with zero attached hydrogens (tertiary/aromatic N) is 3. The fourth-order valence-electron chi connectivity index (χ4n) is 3.11. The highest BCUT2D eigenvalue weighted by Crippen LogP contribution is 2.35. The summed E-state index contributed by atoms with van der Waals surface area (Å²) in [5, 5.41) is 3.47. The SMILES string of the molecule is CCCNc1ncnc(N2CC(C)CCC2C)c1C(C)C. The van der Waals surface area contributed by atoms with E-state index in [9.17, 15) is 0 Å². The highest BCUT2D eigenvalue weighted by atomic mass is 15.2. The van der Waals surface area contributed by atoms with Crippen LogP contribution < -0.4 is 10.2 Å². The zero-order valence-corrected chi connectivity index (χ0v) is 14.2. The van der Waals surface area contributed by atoms with Gasteiger partial charge in [-0.1, -0.05) is 27.7 Å². The van der Waals surface area contributed by atoms with Crippen molar-refractivity contribution in [3.8, 4) is 0 Å². The van der Waals surface area contributed by atoms with Crippen molar-refractivity contribution in [2.75, 3.05) is 23.3 Å². The van der Waals surface area contributed by atoms with Crippen molar-refractivity contribution in [1.82, 2.24) is 9.97 Å². The third-order valence-electron chi connectivity index (χ3n) is 4.37. The molecule has 4 nitrogen and oxygen atoms in total. The molecule has 1 fully saturated rings. The molecule has 0 radical (unpaired) electrons. The van der Waals surface area contributed by atoms with E-state index in [1.165, 1.54) is 18.4 Å². The van der Waals surface area contributed by atoms with Crippen LogP contribution in [-0.2, 0) is 0 Å². The molecule has 118 valence electrons. The summed E-state index contributed by atoms with van der Waals surface area (Å²) in [6, 6.07) is 0.563. The molecule has 2 rings (SSSR count). The van der Waals surface area contributed by atoms with Crippen LogP contribution in [0.3, 0.4) is 0 Å². The van der Waals surface area contributed by atoms with Gasteiger partial charge in [0.2, 0.25) is 0 Å². The molecule has 0 aliphatic carbocycles. The van der Waals surface area contributed by atoms with E-state index in [2.05, 4.69) is 54.8 Å². The summed E-state index contributed by atoms with van der Waals surface area (Å²) < 4.78 is 0. The maximum absolute atomic E-state index is 4.65. The summed E-state index contributed by atoms with van der Waals surface area (Å²) in [7, 11) is 0. The number of hydrogen-bond donors (Lipinski definition) is 1. The van der Waals surface area contributed by atoms with Crippen LogP contribution in [0.1, 0.15) is 65.4 Å². The number of piperidine rings is 1. The van der Waals surface area contributed by atoms with Gasteiger partial charge in [-0.15, -0.1) is 0 Å². The molecule has 2 unspecified atom stereocenters. The Morgan fingerprint density at radius 1 is 1.29 bits per heavy atom. The van der Waals surface area contributed by atoms with Gasteiger partial charge >= 0.3 is 0 Å². The van der Waals surface area contributed by atoms with Gasteiger partial charge in [-0.2, -0.15) is 0 Å². The Bertz CT molecular complexity index is 458. The van der Waals surface area contributed by atoms with E-state index >= 15 is 0 Å². The molecule has 1 aliphatic rings. The third kappa shape index (κ3) is 3.66. The standard InChI is InChI=1S/C17H30N4/c1-6-9-18-16-15(12(2)3)17(20-11-19-16)21-10-13(4)7-8-14(21)5/h11-14H,6-10H2,1-5H3,(H,18,19,20). The average Bonchev–Trinajstić information content (AvgIpc) is 2.47. The van der Waals surface area contributed by atoms with Crippen LogP contribution in [0, 0.1) is 5.92 Å². The zero-order valence-electron chi connectivity index (χ0n) is 14.2. The molecule has 0 saturated carbocycles. The summed E-state index contributed by atoms with van der Waals surface area (Å²) in [6.07, 6.45) is 5.39. The van der Waals surface area contributed by atoms with E-state index in [1.54, 1.807) is 6.33 Å². The average molecular weight is 290 g/mol. The maximum atomic E-state index is 4.65. The van der Waals surface area contributed by atoms with Crippen molar-refractivity contribution >= 4 is 11.6 Å². The largest absolute Gasteiger partial charge is 0.370 e. The molecular formula is C17H30N4. The first-order valence-electron chi connectivity index (χ1n) is 8.40. The first kappa shape index (κ1) is 16.1. The lowest BCUT2D eigenvalue weighted by Crippen LogP contribution is -2.42. The second kappa shape index (κ2) is 7.10. The zero-order chi connectivity index (χ0) is 15.4. The number of rotatable bonds is 5. The van der Waals surface area contributed by atoms with Gasteiger partial charge in [0.1, 0.15) is 18.0 Å². The lowest BCUT2D eigenvalue weighted by molar-refractivity contribution is 0.387. The molecule has 4 heteroatoms. The molecule has 1 aromatic heterocycles. The Hall–Kier alpha value is -1.32. The molecule has 0 aromatic carbocycles. The van der Waals surface area contributed by atoms with Crippen molar-refractivity contribution < 1.29 is 0 Å². The number of anilines is 2. The van der Waals surface area contributed by atoms with E-state index in [-0.39, 0.29) is 0 Å². The smallest absolute Gasteiger partial charge is 0.137 e. The first-order chi connectivity index (χ1) is 10.0. The molecule has 0 amide bonds. The number of nitrogens with one attached hydrogen (secondary N) is 1. The lowest BCUT2D eigenvalue weighted by Gasteiger charge is -2.39. The Balaban J connectivity index is 2.37. The second-order valence-corrected chi connectivity index (χ2v) is 6.72. The van der Waals surface area contributed by atoms with Gasteiger partial charge in [0.25, 0.3) is 0 Å². The molecular weight excluding hydrogens is 260 g/mol. The Kier molecular flexibility index (Phi) is 5.43. The second-order valence-electron chi connectivity index (χ2n) is 6.72. The molecule has 1 saturated heterocycles. The molecule has 2 heterocycles. The minimum absolute atomic E-state index is 0.421. The van der Waals surface area contributed by atoms with Crippen LogP contribution in [-0.4, -0.2) is 29.1 Å². The van der Waals surface area contributed by atoms with Crippen molar-refractivity contribution in [2.24, 2.45) is 5.92 Å². The lowest BCUT2D eigenvalue weighted by atomic mass is 9.93. The summed E-state index contributed by atoms with van der Waals surface area (Å²) in [6.45, 7) is 13.4. The Morgan fingerprint density at radius 2 is 2.05 bits per heavy atom. The van der Waals surface area contributed by atoms with Crippen LogP contribution in [0.5, 0.6) is 0 Å². The van der Waals surface area contributed by atoms with Crippen molar-refractivity contribution in [3.05, 3.63) is 11.9 Å². The van der Waals surface area contributed by atoms with E-state index in [4.69, 9.17) is 0 Å². The highest BCUT2D eigenvalue weighted by molar-refractivity contribution is 5.61. The third-order valence-corrected chi connectivity index (χ3v) is 4.37. The molecule has 1 aliphatic heterocycles. The van der Waals surface area contributed by atoms with Crippen LogP contribution in [0.4, 0.5) is 11.6 Å². The Morgan fingerprint density at radius 3 is 2.71 bits per heavy atom. The molecule has 1 N–H and O–H groups in total. The first-order valence-corrected chi connectivity index (χ1v) is 8.40. The molecule has 1 aromatic rings. The van der Waals surface area contributed by atoms with E-state index in [1.807, 2.05) is 0 Å². The van der Waals surface area contributed by atoms with E-state index in [0.717, 1.165) is 37.1 Å². The summed E-state index contributed by atoms with van der Waals surface area (Å²) in [5.74, 6) is 3.31. The minimum Gasteiger partial charge on any atom is -0.370 e. The summed E-state index contributed by atoms with van der Waals surface area (Å²) in [5.41, 5.74) is 1.27. The van der Waals surface area contributed by atoms with Gasteiger partial charge in [0.05, 0.1) is 0 Å². The summed E-state index contributed by atoms with van der Waals surface area (Å²) >= 11 is 0. The quantitative estimate of drug-likeness (QED) is 0.888. The van der Waals surface area contributed by atoms with Crippen molar-refractivity contribution in [1.29, 1.82) is 0 Å². The van der Waals surface area contributed by atoms with E-state index in [0.29, 0.717) is 12.0 Å². The van der Waals surface area contributed by atoms with Gasteiger partial charge < -0.3 is 10.2 Å². The van der Waals surface area contributed by atoms with Gasteiger partial charge in [-0.3, -0.25) is 0 Å². The topological polar surface area (TPSA) is 41.1 Å². The van der Waals surface area contributed by atoms with Crippen molar-refractivity contribution in [2.45, 2.75) is 65.8 Å². The number of aromatic nitrogens is 2. The maximum Gasteiger partial charge on any atom is 0.137 e. The Labute approximate surface area is 129 Å². The highest BCUT2D eigenvalue weighted by Gasteiger charge is 2.27. The fraction of sp³-hybridized carbons (Fsp3) is 0.765. The van der Waals surface area contributed by atoms with Crippen LogP contribution in [0.2, 0.25) is 0 Å². The molecule has 2 atom stereocenters. The number of hydrogen-bond acceptors (Lipinski definition) is 4. The van der Waals surface area contributed by atoms with Gasteiger partial charge in [-0.05, 0) is 38.0 Å². The molecule has 0 spiro atoms. The van der Waals surface area contributed by atoms with Gasteiger partial charge in [0, 0.05) is 24.7 Å². The van der Waals surface area contributed by atoms with Crippen molar-refractivity contribution in [3.63, 3.8) is 0 Å². The predicted octanol–water partition coefficient (Wildman–Crippen LogP) is 4.05. The predicted molar refractivity (Wildman–Crippen MR) is 90.1 cm³/mol. The van der Waals surface area contributed by atoms with Gasteiger partial charge in [-0.25, -0.2) is 9.97 Å². The normalized spacial score (nSPS) is 22.7.